The van der Waals surface area contributed by atoms with E-state index in [1.165, 1.54) is 5.56 Å². The standard InChI is InChI=1S/C23H25N3O3S/c1-28-21-8-3-2-7-20(21)25-22(27)14-19-16-30-23(24-19)18-6-4-5-17(13-18)15-26-9-11-29-12-10-26/h2-8,13,16H,9-12,14-15H2,1H3,(H,25,27). The third kappa shape index (κ3) is 5.24. The Kier molecular flexibility index (Phi) is 6.74. The van der Waals surface area contributed by atoms with Crippen LogP contribution in [0.1, 0.15) is 11.3 Å². The highest BCUT2D eigenvalue weighted by Gasteiger charge is 2.13. The van der Waals surface area contributed by atoms with Gasteiger partial charge in [-0.3, -0.25) is 9.69 Å². The normalized spacial score (nSPS) is 14.4. The lowest BCUT2D eigenvalue weighted by atomic mass is 10.1. The second-order valence-electron chi connectivity index (χ2n) is 7.16. The molecule has 3 aromatic rings. The largest absolute Gasteiger partial charge is 0.495 e. The van der Waals surface area contributed by atoms with Crippen molar-refractivity contribution in [3.8, 4) is 16.3 Å². The first-order valence-corrected chi connectivity index (χ1v) is 10.9. The molecule has 0 saturated carbocycles. The lowest BCUT2D eigenvalue weighted by Gasteiger charge is -2.26. The molecule has 6 nitrogen and oxygen atoms in total. The number of ether oxygens (including phenoxy) is 2. The summed E-state index contributed by atoms with van der Waals surface area (Å²) in [6.45, 7) is 4.44. The maximum absolute atomic E-state index is 12.5. The minimum absolute atomic E-state index is 0.114. The van der Waals surface area contributed by atoms with E-state index in [1.807, 2.05) is 29.6 Å². The van der Waals surface area contributed by atoms with Crippen LogP contribution in [0.15, 0.2) is 53.9 Å². The first kappa shape index (κ1) is 20.5. The van der Waals surface area contributed by atoms with Crippen molar-refractivity contribution in [1.82, 2.24) is 9.88 Å². The number of nitrogens with one attached hydrogen (secondary N) is 1. The zero-order chi connectivity index (χ0) is 20.8. The minimum atomic E-state index is -0.114. The second-order valence-corrected chi connectivity index (χ2v) is 8.02. The van der Waals surface area contributed by atoms with Gasteiger partial charge in [-0.15, -0.1) is 11.3 Å². The number of morpholine rings is 1. The molecule has 2 heterocycles. The van der Waals surface area contributed by atoms with Gasteiger partial charge in [0.1, 0.15) is 10.8 Å². The first-order valence-electron chi connectivity index (χ1n) is 9.98. The average molecular weight is 424 g/mol. The summed E-state index contributed by atoms with van der Waals surface area (Å²) in [5.74, 6) is 0.527. The summed E-state index contributed by atoms with van der Waals surface area (Å²) in [7, 11) is 1.59. The fourth-order valence-corrected chi connectivity index (χ4v) is 4.26. The lowest BCUT2D eigenvalue weighted by Crippen LogP contribution is -2.35. The quantitative estimate of drug-likeness (QED) is 0.626. The van der Waals surface area contributed by atoms with Crippen LogP contribution in [-0.4, -0.2) is 49.2 Å². The van der Waals surface area contributed by atoms with Gasteiger partial charge in [0, 0.05) is 30.6 Å². The number of rotatable bonds is 7. The Bertz CT molecular complexity index is 999. The fraction of sp³-hybridized carbons (Fsp3) is 0.304. The maximum Gasteiger partial charge on any atom is 0.230 e. The summed E-state index contributed by atoms with van der Waals surface area (Å²) in [6, 6.07) is 15.9. The van der Waals surface area contributed by atoms with Crippen LogP contribution in [0, 0.1) is 0 Å². The number of benzene rings is 2. The third-order valence-electron chi connectivity index (χ3n) is 4.96. The number of carbonyl (C=O) groups is 1. The molecule has 0 radical (unpaired) electrons. The van der Waals surface area contributed by atoms with E-state index in [4.69, 9.17) is 9.47 Å². The third-order valence-corrected chi connectivity index (χ3v) is 5.90. The Labute approximate surface area is 180 Å². The molecule has 1 saturated heterocycles. The topological polar surface area (TPSA) is 63.7 Å². The monoisotopic (exact) mass is 423 g/mol. The van der Waals surface area contributed by atoms with E-state index in [-0.39, 0.29) is 12.3 Å². The molecule has 0 unspecified atom stereocenters. The molecule has 0 aliphatic carbocycles. The highest BCUT2D eigenvalue weighted by molar-refractivity contribution is 7.13. The van der Waals surface area contributed by atoms with Crippen LogP contribution >= 0.6 is 11.3 Å². The van der Waals surface area contributed by atoms with E-state index < -0.39 is 0 Å². The predicted octanol–water partition coefficient (Wildman–Crippen LogP) is 3.83. The Morgan fingerprint density at radius 1 is 1.20 bits per heavy atom. The number of carbonyl (C=O) groups excluding carboxylic acids is 1. The van der Waals surface area contributed by atoms with Crippen LogP contribution in [-0.2, 0) is 22.5 Å². The maximum atomic E-state index is 12.5. The van der Waals surface area contributed by atoms with E-state index in [0.29, 0.717) is 11.4 Å². The Balaban J connectivity index is 1.40. The molecule has 0 spiro atoms. The second kappa shape index (κ2) is 9.84. The average Bonchev–Trinajstić information content (AvgIpc) is 3.23. The number of aromatic nitrogens is 1. The van der Waals surface area contributed by atoms with Crippen LogP contribution < -0.4 is 10.1 Å². The van der Waals surface area contributed by atoms with Gasteiger partial charge in [-0.05, 0) is 23.8 Å². The van der Waals surface area contributed by atoms with Gasteiger partial charge in [0.2, 0.25) is 5.91 Å². The van der Waals surface area contributed by atoms with E-state index in [1.54, 1.807) is 18.4 Å². The van der Waals surface area contributed by atoms with Crippen molar-refractivity contribution in [2.24, 2.45) is 0 Å². The molecule has 1 aliphatic heterocycles. The molecule has 156 valence electrons. The number of nitrogens with zero attached hydrogens (tertiary/aromatic N) is 2. The van der Waals surface area contributed by atoms with E-state index in [0.717, 1.165) is 49.1 Å². The van der Waals surface area contributed by atoms with Crippen LogP contribution in [0.25, 0.3) is 10.6 Å². The molecular weight excluding hydrogens is 398 g/mol. The smallest absolute Gasteiger partial charge is 0.230 e. The van der Waals surface area contributed by atoms with Crippen molar-refractivity contribution in [1.29, 1.82) is 0 Å². The number of amides is 1. The summed E-state index contributed by atoms with van der Waals surface area (Å²) in [5.41, 5.74) is 3.78. The predicted molar refractivity (Wildman–Crippen MR) is 119 cm³/mol. The first-order chi connectivity index (χ1) is 14.7. The van der Waals surface area contributed by atoms with Crippen molar-refractivity contribution in [3.63, 3.8) is 0 Å². The van der Waals surface area contributed by atoms with Gasteiger partial charge in [0.25, 0.3) is 0 Å². The summed E-state index contributed by atoms with van der Waals surface area (Å²) >= 11 is 1.56. The number of hydrogen-bond acceptors (Lipinski definition) is 6. The Morgan fingerprint density at radius 3 is 2.87 bits per heavy atom. The van der Waals surface area contributed by atoms with Crippen molar-refractivity contribution >= 4 is 22.9 Å². The molecule has 1 N–H and O–H groups in total. The zero-order valence-corrected chi connectivity index (χ0v) is 17.8. The summed E-state index contributed by atoms with van der Waals surface area (Å²) in [5, 5.41) is 5.78. The molecule has 1 fully saturated rings. The van der Waals surface area contributed by atoms with Gasteiger partial charge in [0.05, 0.1) is 38.1 Å². The number of thiazole rings is 1. The molecule has 0 bridgehead atoms. The van der Waals surface area contributed by atoms with E-state index >= 15 is 0 Å². The molecule has 4 rings (SSSR count). The summed E-state index contributed by atoms with van der Waals surface area (Å²) in [4.78, 5) is 19.5. The van der Waals surface area contributed by atoms with Gasteiger partial charge >= 0.3 is 0 Å². The van der Waals surface area contributed by atoms with Crippen LogP contribution in [0.5, 0.6) is 5.75 Å². The molecular formula is C23H25N3O3S. The van der Waals surface area contributed by atoms with E-state index in [9.17, 15) is 4.79 Å². The molecule has 30 heavy (non-hydrogen) atoms. The Morgan fingerprint density at radius 2 is 2.03 bits per heavy atom. The van der Waals surface area contributed by atoms with Gasteiger partial charge in [-0.25, -0.2) is 4.98 Å². The fourth-order valence-electron chi connectivity index (χ4n) is 3.45. The number of anilines is 1. The zero-order valence-electron chi connectivity index (χ0n) is 17.0. The lowest BCUT2D eigenvalue weighted by molar-refractivity contribution is -0.115. The van der Waals surface area contributed by atoms with Gasteiger partial charge < -0.3 is 14.8 Å². The SMILES string of the molecule is COc1ccccc1NC(=O)Cc1csc(-c2cccc(CN3CCOCC3)c2)n1. The van der Waals surface area contributed by atoms with Crippen molar-refractivity contribution in [3.05, 3.63) is 65.2 Å². The minimum Gasteiger partial charge on any atom is -0.495 e. The number of hydrogen-bond donors (Lipinski definition) is 1. The van der Waals surface area contributed by atoms with Crippen LogP contribution in [0.4, 0.5) is 5.69 Å². The van der Waals surface area contributed by atoms with Crippen LogP contribution in [0.3, 0.4) is 0 Å². The van der Waals surface area contributed by atoms with Crippen LogP contribution in [0.2, 0.25) is 0 Å². The van der Waals surface area contributed by atoms with Crippen molar-refractivity contribution < 1.29 is 14.3 Å². The summed E-state index contributed by atoms with van der Waals surface area (Å²) < 4.78 is 10.7. The highest BCUT2D eigenvalue weighted by atomic mass is 32.1. The van der Waals surface area contributed by atoms with Gasteiger partial charge in [0.15, 0.2) is 0 Å². The highest BCUT2D eigenvalue weighted by Crippen LogP contribution is 2.26. The number of methoxy groups -OCH3 is 1. The molecule has 1 aromatic heterocycles. The molecule has 1 aliphatic rings. The molecule has 7 heteroatoms. The summed E-state index contributed by atoms with van der Waals surface area (Å²) in [6.07, 6.45) is 0.224. The number of para-hydroxylation sites is 2. The molecule has 0 atom stereocenters. The van der Waals surface area contributed by atoms with Gasteiger partial charge in [-0.2, -0.15) is 0 Å². The molecule has 1 amide bonds. The Hall–Kier alpha value is -2.74. The van der Waals surface area contributed by atoms with Gasteiger partial charge in [-0.1, -0.05) is 30.3 Å². The van der Waals surface area contributed by atoms with E-state index in [2.05, 4.69) is 39.5 Å². The van der Waals surface area contributed by atoms with Crippen molar-refractivity contribution in [2.75, 3.05) is 38.7 Å². The van der Waals surface area contributed by atoms with Crippen molar-refractivity contribution in [2.45, 2.75) is 13.0 Å². The molecule has 2 aromatic carbocycles.